The van der Waals surface area contributed by atoms with Crippen LogP contribution in [-0.2, 0) is 12.8 Å². The minimum absolute atomic E-state index is 0. The molecule has 0 aliphatic heterocycles. The number of nitrogens with zero attached hydrogens (tertiary/aromatic N) is 4. The molecule has 5 heteroatoms. The summed E-state index contributed by atoms with van der Waals surface area (Å²) in [6.07, 6.45) is 7.10. The second-order valence-electron chi connectivity index (χ2n) is 3.19. The molecule has 1 aliphatic carbocycles. The molecule has 4 nitrogen and oxygen atoms in total. The molecule has 1 aromatic heterocycles. The first-order chi connectivity index (χ1) is 5.97. The molecule has 0 saturated heterocycles. The zero-order valence-corrected chi connectivity index (χ0v) is 9.15. The Labute approximate surface area is 87.9 Å². The Kier molecular flexibility index (Phi) is 4.21. The predicted octanol–water partition coefficient (Wildman–Crippen LogP) is 1.50. The van der Waals surface area contributed by atoms with Crippen molar-refractivity contribution in [3.05, 3.63) is 11.4 Å². The Balaban J connectivity index is 0.000000845. The molecule has 2 rings (SSSR count). The minimum Gasteiger partial charge on any atom is -0.132 e. The summed E-state index contributed by atoms with van der Waals surface area (Å²) in [7, 11) is 0. The molecule has 0 saturated carbocycles. The Morgan fingerprint density at radius 1 is 0.692 bits per heavy atom. The van der Waals surface area contributed by atoms with Gasteiger partial charge in [-0.2, -0.15) is 0 Å². The molecule has 0 fully saturated rings. The number of hydrogen-bond acceptors (Lipinski definition) is 4. The second kappa shape index (κ2) is 5.21. The van der Waals surface area contributed by atoms with Crippen molar-refractivity contribution >= 4 is 17.0 Å². The highest BCUT2D eigenvalue weighted by molar-refractivity contribution is 8.93. The van der Waals surface area contributed by atoms with Gasteiger partial charge in [0.2, 0.25) is 0 Å². The summed E-state index contributed by atoms with van der Waals surface area (Å²) in [5, 5.41) is 15.1. The quantitative estimate of drug-likeness (QED) is 0.695. The van der Waals surface area contributed by atoms with Crippen molar-refractivity contribution in [2.45, 2.75) is 38.5 Å². The Morgan fingerprint density at radius 2 is 1.15 bits per heavy atom. The third-order valence-corrected chi connectivity index (χ3v) is 2.28. The van der Waals surface area contributed by atoms with Gasteiger partial charge >= 0.3 is 0 Å². The molecule has 0 spiro atoms. The summed E-state index contributed by atoms with van der Waals surface area (Å²) in [6.45, 7) is 0. The first-order valence-corrected chi connectivity index (χ1v) is 4.50. The number of fused-ring (bicyclic) bond motifs is 1. The predicted molar refractivity (Wildman–Crippen MR) is 53.8 cm³/mol. The summed E-state index contributed by atoms with van der Waals surface area (Å²) < 4.78 is 0. The van der Waals surface area contributed by atoms with E-state index in [4.69, 9.17) is 0 Å². The van der Waals surface area contributed by atoms with Crippen LogP contribution in [0.2, 0.25) is 0 Å². The van der Waals surface area contributed by atoms with Crippen LogP contribution >= 0.6 is 17.0 Å². The average molecular weight is 245 g/mol. The van der Waals surface area contributed by atoms with E-state index in [2.05, 4.69) is 20.6 Å². The maximum atomic E-state index is 4.00. The smallest absolute Gasteiger partial charge is 0.0883 e. The summed E-state index contributed by atoms with van der Waals surface area (Å²) in [6, 6.07) is 0. The summed E-state index contributed by atoms with van der Waals surface area (Å²) in [5.41, 5.74) is 2.12. The van der Waals surface area contributed by atoms with E-state index in [0.29, 0.717) is 0 Å². The molecule has 0 unspecified atom stereocenters. The van der Waals surface area contributed by atoms with Gasteiger partial charge in [0.15, 0.2) is 0 Å². The van der Waals surface area contributed by atoms with Crippen LogP contribution in [0.5, 0.6) is 0 Å². The maximum Gasteiger partial charge on any atom is 0.0883 e. The molecule has 72 valence electrons. The largest absolute Gasteiger partial charge is 0.132 e. The number of hydrogen-bond donors (Lipinski definition) is 0. The molecule has 0 aromatic carbocycles. The van der Waals surface area contributed by atoms with E-state index in [0.717, 1.165) is 24.2 Å². The second-order valence-corrected chi connectivity index (χ2v) is 3.19. The highest BCUT2D eigenvalue weighted by Gasteiger charge is 2.09. The average Bonchev–Trinajstić information content (AvgIpc) is 2.06. The van der Waals surface area contributed by atoms with Gasteiger partial charge in [0.25, 0.3) is 0 Å². The highest BCUT2D eigenvalue weighted by atomic mass is 79.9. The lowest BCUT2D eigenvalue weighted by atomic mass is 10.0. The SMILES string of the molecule is Br.C1CCCc2nnnnc2CC1. The van der Waals surface area contributed by atoms with Gasteiger partial charge in [0.05, 0.1) is 11.4 Å². The van der Waals surface area contributed by atoms with Crippen molar-refractivity contribution < 1.29 is 0 Å². The standard InChI is InChI=1S/C8H12N4.BrH/c1-2-4-6-8-7(5-3-1)9-11-12-10-8;/h1-6H2;1H. The first-order valence-electron chi connectivity index (χ1n) is 4.50. The monoisotopic (exact) mass is 244 g/mol. The van der Waals surface area contributed by atoms with Crippen LogP contribution in [0.3, 0.4) is 0 Å². The summed E-state index contributed by atoms with van der Waals surface area (Å²) in [4.78, 5) is 0. The van der Waals surface area contributed by atoms with E-state index in [1.54, 1.807) is 0 Å². The number of rotatable bonds is 0. The first kappa shape index (κ1) is 10.5. The fourth-order valence-electron chi connectivity index (χ4n) is 1.59. The van der Waals surface area contributed by atoms with E-state index < -0.39 is 0 Å². The zero-order chi connectivity index (χ0) is 8.23. The van der Waals surface area contributed by atoms with Gasteiger partial charge in [0.1, 0.15) is 0 Å². The van der Waals surface area contributed by atoms with Gasteiger partial charge in [0, 0.05) is 0 Å². The van der Waals surface area contributed by atoms with Gasteiger partial charge in [-0.05, 0) is 36.1 Å². The van der Waals surface area contributed by atoms with Gasteiger partial charge in [-0.25, -0.2) is 0 Å². The molecule has 0 radical (unpaired) electrons. The normalized spacial score (nSPS) is 16.3. The van der Waals surface area contributed by atoms with Crippen LogP contribution in [0.4, 0.5) is 0 Å². The molecule has 1 aromatic rings. The molecule has 13 heavy (non-hydrogen) atoms. The van der Waals surface area contributed by atoms with Crippen LogP contribution in [0.1, 0.15) is 37.1 Å². The third-order valence-electron chi connectivity index (χ3n) is 2.28. The van der Waals surface area contributed by atoms with E-state index in [9.17, 15) is 0 Å². The van der Waals surface area contributed by atoms with E-state index in [1.807, 2.05) is 0 Å². The zero-order valence-electron chi connectivity index (χ0n) is 7.44. The van der Waals surface area contributed by atoms with Gasteiger partial charge in [-0.1, -0.05) is 12.8 Å². The van der Waals surface area contributed by atoms with Crippen molar-refractivity contribution in [1.29, 1.82) is 0 Å². The van der Waals surface area contributed by atoms with Crippen molar-refractivity contribution in [2.75, 3.05) is 0 Å². The molecule has 0 N–H and O–H groups in total. The van der Waals surface area contributed by atoms with Crippen molar-refractivity contribution in [3.63, 3.8) is 0 Å². The van der Waals surface area contributed by atoms with Crippen molar-refractivity contribution in [1.82, 2.24) is 20.6 Å². The molecular weight excluding hydrogens is 232 g/mol. The van der Waals surface area contributed by atoms with Crippen molar-refractivity contribution in [3.8, 4) is 0 Å². The molecule has 0 bridgehead atoms. The summed E-state index contributed by atoms with van der Waals surface area (Å²) in [5.74, 6) is 0. The maximum absolute atomic E-state index is 4.00. The van der Waals surface area contributed by atoms with Crippen LogP contribution in [0.25, 0.3) is 0 Å². The number of aryl methyl sites for hydroxylation is 2. The lowest BCUT2D eigenvalue weighted by molar-refractivity contribution is 0.569. The van der Waals surface area contributed by atoms with Gasteiger partial charge in [-0.3, -0.25) is 0 Å². The highest BCUT2D eigenvalue weighted by Crippen LogP contribution is 2.14. The molecule has 1 aliphatic rings. The third kappa shape index (κ3) is 2.69. The number of aromatic nitrogens is 4. The fourth-order valence-corrected chi connectivity index (χ4v) is 1.59. The lowest BCUT2D eigenvalue weighted by Gasteiger charge is -2.08. The van der Waals surface area contributed by atoms with Crippen molar-refractivity contribution in [2.24, 2.45) is 0 Å². The van der Waals surface area contributed by atoms with Gasteiger partial charge in [-0.15, -0.1) is 27.2 Å². The Hall–Kier alpha value is -0.580. The Morgan fingerprint density at radius 3 is 1.62 bits per heavy atom. The van der Waals surface area contributed by atoms with Crippen LogP contribution in [0.15, 0.2) is 0 Å². The van der Waals surface area contributed by atoms with E-state index >= 15 is 0 Å². The van der Waals surface area contributed by atoms with Gasteiger partial charge < -0.3 is 0 Å². The number of halogens is 1. The molecule has 0 amide bonds. The Bertz CT molecular complexity index is 239. The van der Waals surface area contributed by atoms with Crippen LogP contribution in [0, 0.1) is 0 Å². The molecule has 1 heterocycles. The van der Waals surface area contributed by atoms with E-state index in [-0.39, 0.29) is 17.0 Å². The van der Waals surface area contributed by atoms with E-state index in [1.165, 1.54) is 25.7 Å². The van der Waals surface area contributed by atoms with Crippen LogP contribution in [-0.4, -0.2) is 20.6 Å². The summed E-state index contributed by atoms with van der Waals surface area (Å²) >= 11 is 0. The molecule has 0 atom stereocenters. The van der Waals surface area contributed by atoms with Crippen LogP contribution < -0.4 is 0 Å². The lowest BCUT2D eigenvalue weighted by Crippen LogP contribution is -2.08. The topological polar surface area (TPSA) is 51.6 Å². The fraction of sp³-hybridized carbons (Fsp3) is 0.750. The molecular formula is C8H13BrN4. The minimum atomic E-state index is 0.